The Hall–Kier alpha value is -2.41. The topological polar surface area (TPSA) is 55.6 Å². The van der Waals surface area contributed by atoms with Crippen molar-refractivity contribution < 1.29 is 18.3 Å². The van der Waals surface area contributed by atoms with Gasteiger partial charge in [0.05, 0.1) is 5.92 Å². The van der Waals surface area contributed by atoms with Gasteiger partial charge in [-0.15, -0.1) is 0 Å². The molecule has 1 aliphatic rings. The number of nitrogens with zero attached hydrogens (tertiary/aromatic N) is 2. The van der Waals surface area contributed by atoms with Gasteiger partial charge >= 0.3 is 6.09 Å². The van der Waals surface area contributed by atoms with Gasteiger partial charge in [-0.25, -0.2) is 14.2 Å². The SMILES string of the molecule is O=C(Oc1ccc(Br)cc1F)N1CCC[C@H](c2nc3ccccc3o2)C1. The highest BCUT2D eigenvalue weighted by molar-refractivity contribution is 9.10. The highest BCUT2D eigenvalue weighted by Gasteiger charge is 2.29. The molecule has 4 rings (SSSR count). The van der Waals surface area contributed by atoms with Crippen LogP contribution in [0.25, 0.3) is 11.1 Å². The predicted molar refractivity (Wildman–Crippen MR) is 97.7 cm³/mol. The summed E-state index contributed by atoms with van der Waals surface area (Å²) in [5.74, 6) is -0.0422. The molecule has 1 fully saturated rings. The van der Waals surface area contributed by atoms with E-state index < -0.39 is 11.9 Å². The molecule has 2 aromatic carbocycles. The van der Waals surface area contributed by atoms with Crippen LogP contribution in [0.2, 0.25) is 0 Å². The molecule has 1 amide bonds. The van der Waals surface area contributed by atoms with E-state index in [-0.39, 0.29) is 11.7 Å². The fourth-order valence-corrected chi connectivity index (χ4v) is 3.46. The van der Waals surface area contributed by atoms with Crippen molar-refractivity contribution in [2.45, 2.75) is 18.8 Å². The van der Waals surface area contributed by atoms with Crippen molar-refractivity contribution in [2.24, 2.45) is 0 Å². The summed E-state index contributed by atoms with van der Waals surface area (Å²) in [5, 5.41) is 0. The van der Waals surface area contributed by atoms with Crippen molar-refractivity contribution in [3.8, 4) is 5.75 Å². The van der Waals surface area contributed by atoms with Gasteiger partial charge in [0.2, 0.25) is 0 Å². The van der Waals surface area contributed by atoms with Crippen LogP contribution in [0.4, 0.5) is 9.18 Å². The molecule has 0 spiro atoms. The molecule has 5 nitrogen and oxygen atoms in total. The molecule has 1 aromatic heterocycles. The second-order valence-corrected chi connectivity index (χ2v) is 7.16. The third-order valence-electron chi connectivity index (χ3n) is 4.43. The average molecular weight is 419 g/mol. The van der Waals surface area contributed by atoms with E-state index in [1.807, 2.05) is 24.3 Å². The Morgan fingerprint density at radius 2 is 2.15 bits per heavy atom. The van der Waals surface area contributed by atoms with E-state index in [9.17, 15) is 9.18 Å². The first-order valence-electron chi connectivity index (χ1n) is 8.37. The molecule has 0 saturated carbocycles. The molecular weight excluding hydrogens is 403 g/mol. The van der Waals surface area contributed by atoms with Gasteiger partial charge in [-0.1, -0.05) is 28.1 Å². The molecule has 7 heteroatoms. The lowest BCUT2D eigenvalue weighted by Gasteiger charge is -2.30. The minimum atomic E-state index is -0.583. The van der Waals surface area contributed by atoms with Crippen LogP contribution in [0, 0.1) is 5.82 Å². The molecule has 1 aliphatic heterocycles. The van der Waals surface area contributed by atoms with Gasteiger partial charge in [-0.2, -0.15) is 0 Å². The van der Waals surface area contributed by atoms with E-state index in [1.165, 1.54) is 12.1 Å². The summed E-state index contributed by atoms with van der Waals surface area (Å²) in [5.41, 5.74) is 1.54. The Balaban J connectivity index is 1.48. The molecule has 0 aliphatic carbocycles. The molecule has 0 N–H and O–H groups in total. The molecule has 0 bridgehead atoms. The first kappa shape index (κ1) is 17.0. The van der Waals surface area contributed by atoms with Crippen LogP contribution in [-0.4, -0.2) is 29.1 Å². The van der Waals surface area contributed by atoms with Gasteiger partial charge < -0.3 is 14.1 Å². The minimum absolute atomic E-state index is 0.00142. The van der Waals surface area contributed by atoms with Crippen LogP contribution in [0.3, 0.4) is 0 Å². The van der Waals surface area contributed by atoms with Crippen LogP contribution in [0.15, 0.2) is 51.4 Å². The first-order chi connectivity index (χ1) is 12.6. The van der Waals surface area contributed by atoms with E-state index in [1.54, 1.807) is 11.0 Å². The van der Waals surface area contributed by atoms with E-state index in [4.69, 9.17) is 9.15 Å². The lowest BCUT2D eigenvalue weighted by atomic mass is 9.98. The number of likely N-dealkylation sites (tertiary alicyclic amines) is 1. The van der Waals surface area contributed by atoms with E-state index in [0.29, 0.717) is 23.5 Å². The zero-order chi connectivity index (χ0) is 18.1. The molecule has 26 heavy (non-hydrogen) atoms. The lowest BCUT2D eigenvalue weighted by Crippen LogP contribution is -2.40. The Labute approximate surface area is 157 Å². The van der Waals surface area contributed by atoms with E-state index in [0.717, 1.165) is 23.9 Å². The lowest BCUT2D eigenvalue weighted by molar-refractivity contribution is 0.132. The van der Waals surface area contributed by atoms with Crippen LogP contribution in [-0.2, 0) is 0 Å². The average Bonchev–Trinajstić information content (AvgIpc) is 3.08. The van der Waals surface area contributed by atoms with Gasteiger partial charge in [-0.3, -0.25) is 0 Å². The van der Waals surface area contributed by atoms with Crippen molar-refractivity contribution in [1.29, 1.82) is 0 Å². The number of hydrogen-bond acceptors (Lipinski definition) is 4. The third kappa shape index (κ3) is 3.44. The third-order valence-corrected chi connectivity index (χ3v) is 4.92. The number of fused-ring (bicyclic) bond motifs is 1. The largest absolute Gasteiger partial charge is 0.440 e. The number of benzene rings is 2. The van der Waals surface area contributed by atoms with Gasteiger partial charge in [0.25, 0.3) is 0 Å². The number of halogens is 2. The summed E-state index contributed by atoms with van der Waals surface area (Å²) >= 11 is 3.18. The van der Waals surface area contributed by atoms with Crippen LogP contribution in [0.5, 0.6) is 5.75 Å². The van der Waals surface area contributed by atoms with Crippen molar-refractivity contribution in [1.82, 2.24) is 9.88 Å². The Bertz CT molecular complexity index is 926. The Morgan fingerprint density at radius 3 is 2.96 bits per heavy atom. The monoisotopic (exact) mass is 418 g/mol. The first-order valence-corrected chi connectivity index (χ1v) is 9.17. The van der Waals surface area contributed by atoms with E-state index >= 15 is 0 Å². The quantitative estimate of drug-likeness (QED) is 0.580. The summed E-state index contributed by atoms with van der Waals surface area (Å²) in [6, 6.07) is 11.9. The standard InChI is InChI=1S/C19H16BrFN2O3/c20-13-7-8-16(14(21)10-13)26-19(24)23-9-3-4-12(11-23)18-22-15-5-1-2-6-17(15)25-18/h1-2,5-8,10,12H,3-4,9,11H2/t12-/m0/s1. The molecule has 0 unspecified atom stereocenters. The predicted octanol–water partition coefficient (Wildman–Crippen LogP) is 5.11. The van der Waals surface area contributed by atoms with Gasteiger partial charge in [-0.05, 0) is 43.2 Å². The molecule has 0 radical (unpaired) electrons. The van der Waals surface area contributed by atoms with Crippen molar-refractivity contribution in [2.75, 3.05) is 13.1 Å². The molecule has 1 saturated heterocycles. The smallest absolute Gasteiger partial charge is 0.415 e. The normalized spacial score (nSPS) is 17.5. The second kappa shape index (κ2) is 7.07. The number of amides is 1. The molecular formula is C19H16BrFN2O3. The summed E-state index contributed by atoms with van der Waals surface area (Å²) in [6.45, 7) is 0.998. The molecule has 134 valence electrons. The summed E-state index contributed by atoms with van der Waals surface area (Å²) in [4.78, 5) is 18.5. The van der Waals surface area contributed by atoms with Crippen molar-refractivity contribution in [3.63, 3.8) is 0 Å². The van der Waals surface area contributed by atoms with Crippen LogP contribution < -0.4 is 4.74 Å². The fraction of sp³-hybridized carbons (Fsp3) is 0.263. The van der Waals surface area contributed by atoms with Crippen LogP contribution in [0.1, 0.15) is 24.7 Å². The maximum Gasteiger partial charge on any atom is 0.415 e. The molecule has 1 atom stereocenters. The van der Waals surface area contributed by atoms with E-state index in [2.05, 4.69) is 20.9 Å². The number of rotatable bonds is 2. The second-order valence-electron chi connectivity index (χ2n) is 6.25. The number of piperidine rings is 1. The minimum Gasteiger partial charge on any atom is -0.440 e. The number of carbonyl (C=O) groups is 1. The Kier molecular flexibility index (Phi) is 4.63. The van der Waals surface area contributed by atoms with Crippen molar-refractivity contribution >= 4 is 33.1 Å². The Morgan fingerprint density at radius 1 is 1.31 bits per heavy atom. The number of aromatic nitrogens is 1. The number of oxazole rings is 1. The number of carbonyl (C=O) groups excluding carboxylic acids is 1. The fourth-order valence-electron chi connectivity index (χ4n) is 3.13. The highest BCUT2D eigenvalue weighted by atomic mass is 79.9. The van der Waals surface area contributed by atoms with Crippen molar-refractivity contribution in [3.05, 3.63) is 58.6 Å². The number of ether oxygens (including phenoxy) is 1. The maximum absolute atomic E-state index is 13.9. The van der Waals surface area contributed by atoms with Gasteiger partial charge in [0.15, 0.2) is 23.0 Å². The summed E-state index contributed by atoms with van der Waals surface area (Å²) < 4.78 is 25.5. The summed E-state index contributed by atoms with van der Waals surface area (Å²) in [6.07, 6.45) is 1.12. The van der Waals surface area contributed by atoms with Gasteiger partial charge in [0, 0.05) is 17.6 Å². The number of hydrogen-bond donors (Lipinski definition) is 0. The number of para-hydroxylation sites is 2. The zero-order valence-corrected chi connectivity index (χ0v) is 15.4. The summed E-state index contributed by atoms with van der Waals surface area (Å²) in [7, 11) is 0. The van der Waals surface area contributed by atoms with Gasteiger partial charge in [0.1, 0.15) is 5.52 Å². The zero-order valence-electron chi connectivity index (χ0n) is 13.8. The maximum atomic E-state index is 13.9. The molecule has 2 heterocycles. The molecule has 3 aromatic rings. The highest BCUT2D eigenvalue weighted by Crippen LogP contribution is 2.30. The van der Waals surface area contributed by atoms with Crippen LogP contribution >= 0.6 is 15.9 Å².